The van der Waals surface area contributed by atoms with Crippen molar-refractivity contribution in [3.05, 3.63) is 52.2 Å². The van der Waals surface area contributed by atoms with Gasteiger partial charge in [-0.3, -0.25) is 9.59 Å². The van der Waals surface area contributed by atoms with Gasteiger partial charge in [-0.05, 0) is 18.9 Å². The lowest BCUT2D eigenvalue weighted by molar-refractivity contribution is -0.122. The molecule has 9 heteroatoms. The number of H-pyrrole nitrogens is 2. The molecule has 3 aromatic heterocycles. The zero-order chi connectivity index (χ0) is 19.1. The molecule has 0 saturated carbocycles. The van der Waals surface area contributed by atoms with E-state index in [1.54, 1.807) is 6.33 Å². The maximum absolute atomic E-state index is 11.6. The third kappa shape index (κ3) is 4.65. The number of aryl methyl sites for hydroxylation is 3. The normalized spacial score (nSPS) is 10.5. The monoisotopic (exact) mass is 358 g/mol. The second-order valence-corrected chi connectivity index (χ2v) is 5.94. The average molecular weight is 358 g/mol. The summed E-state index contributed by atoms with van der Waals surface area (Å²) in [6.07, 6.45) is 4.26. The van der Waals surface area contributed by atoms with E-state index < -0.39 is 0 Å². The van der Waals surface area contributed by atoms with Crippen molar-refractivity contribution in [2.24, 2.45) is 0 Å². The smallest absolute Gasteiger partial charge is 0.290 e. The van der Waals surface area contributed by atoms with Crippen LogP contribution in [0.2, 0.25) is 0 Å². The molecule has 3 rings (SSSR count). The summed E-state index contributed by atoms with van der Waals surface area (Å²) in [5.41, 5.74) is 2.75. The van der Waals surface area contributed by atoms with Crippen LogP contribution in [0.5, 0.6) is 0 Å². The van der Waals surface area contributed by atoms with Gasteiger partial charge in [-0.15, -0.1) is 0 Å². The highest BCUT2D eigenvalue weighted by molar-refractivity contribution is 5.59. The lowest BCUT2D eigenvalue weighted by Crippen LogP contribution is -2.12. The minimum atomic E-state index is -0.250. The van der Waals surface area contributed by atoms with Crippen molar-refractivity contribution in [2.45, 2.75) is 39.7 Å². The molecule has 0 bridgehead atoms. The molecule has 3 aromatic rings. The Bertz CT molecular complexity index is 896. The summed E-state index contributed by atoms with van der Waals surface area (Å²) in [6, 6.07) is 3.36. The summed E-state index contributed by atoms with van der Waals surface area (Å²) < 4.78 is 1.88. The van der Waals surface area contributed by atoms with Gasteiger partial charge in [0.15, 0.2) is 5.82 Å². The number of nitrogens with one attached hydrogen (secondary N) is 2. The molecule has 0 radical (unpaired) electrons. The maximum Gasteiger partial charge on any atom is 0.290 e. The first-order valence-electron chi connectivity index (χ1n) is 8.16. The van der Waals surface area contributed by atoms with Gasteiger partial charge in [0.05, 0.1) is 6.33 Å². The number of hydrogen-bond donors (Lipinski definition) is 3. The third-order valence-corrected chi connectivity index (χ3v) is 3.69. The lowest BCUT2D eigenvalue weighted by Gasteiger charge is -2.12. The number of pyridine rings is 1. The number of rotatable bonds is 5. The molecule has 0 unspecified atom stereocenters. The van der Waals surface area contributed by atoms with Crippen LogP contribution in [0.1, 0.15) is 37.0 Å². The van der Waals surface area contributed by atoms with Crippen molar-refractivity contribution < 1.29 is 9.90 Å². The first kappa shape index (κ1) is 19.1. The first-order valence-corrected chi connectivity index (χ1v) is 8.16. The van der Waals surface area contributed by atoms with E-state index in [0.717, 1.165) is 29.2 Å². The molecule has 26 heavy (non-hydrogen) atoms. The van der Waals surface area contributed by atoms with Crippen LogP contribution in [0.3, 0.4) is 0 Å². The predicted octanol–water partition coefficient (Wildman–Crippen LogP) is 1.73. The molecule has 9 nitrogen and oxygen atoms in total. The van der Waals surface area contributed by atoms with E-state index in [2.05, 4.69) is 25.0 Å². The predicted molar refractivity (Wildman–Crippen MR) is 95.9 cm³/mol. The number of nitrogens with zero attached hydrogens (tertiary/aromatic N) is 4. The quantitative estimate of drug-likeness (QED) is 0.596. The lowest BCUT2D eigenvalue weighted by atomic mass is 10.0. The SMILES string of the molecule is Cc1nc(-c2ccc(=O)[nH]c2C(C)C)n(CCc2cnc[nH]2)n1.O=CO. The molecule has 0 spiro atoms. The highest BCUT2D eigenvalue weighted by Crippen LogP contribution is 2.25. The second-order valence-electron chi connectivity index (χ2n) is 5.94. The summed E-state index contributed by atoms with van der Waals surface area (Å²) in [6.45, 7) is 6.41. The van der Waals surface area contributed by atoms with Crippen LogP contribution >= 0.6 is 0 Å². The molecule has 0 fully saturated rings. The molecule has 0 amide bonds. The molecule has 3 N–H and O–H groups in total. The summed E-state index contributed by atoms with van der Waals surface area (Å²) in [4.78, 5) is 34.6. The van der Waals surface area contributed by atoms with Gasteiger partial charge in [0, 0.05) is 42.2 Å². The minimum Gasteiger partial charge on any atom is -0.483 e. The zero-order valence-corrected chi connectivity index (χ0v) is 14.9. The summed E-state index contributed by atoms with van der Waals surface area (Å²) in [5, 5.41) is 11.4. The minimum absolute atomic E-state index is 0.0994. The van der Waals surface area contributed by atoms with Gasteiger partial charge in [0.1, 0.15) is 5.82 Å². The summed E-state index contributed by atoms with van der Waals surface area (Å²) in [5.74, 6) is 1.68. The van der Waals surface area contributed by atoms with E-state index in [4.69, 9.17) is 9.90 Å². The molecule has 0 saturated heterocycles. The second kappa shape index (κ2) is 8.75. The molecule has 138 valence electrons. The van der Waals surface area contributed by atoms with Gasteiger partial charge in [0.2, 0.25) is 5.56 Å². The molecule has 0 atom stereocenters. The van der Waals surface area contributed by atoms with E-state index in [9.17, 15) is 4.79 Å². The number of aromatic nitrogens is 6. The van der Waals surface area contributed by atoms with Gasteiger partial charge >= 0.3 is 0 Å². The average Bonchev–Trinajstić information content (AvgIpc) is 3.23. The highest BCUT2D eigenvalue weighted by atomic mass is 16.3. The van der Waals surface area contributed by atoms with Crippen LogP contribution in [-0.4, -0.2) is 41.3 Å². The molecular weight excluding hydrogens is 336 g/mol. The number of aromatic amines is 2. The Morgan fingerprint density at radius 1 is 1.35 bits per heavy atom. The van der Waals surface area contributed by atoms with Crippen molar-refractivity contribution in [3.63, 3.8) is 0 Å². The van der Waals surface area contributed by atoms with E-state index in [1.165, 1.54) is 6.07 Å². The van der Waals surface area contributed by atoms with E-state index in [-0.39, 0.29) is 17.9 Å². The summed E-state index contributed by atoms with van der Waals surface area (Å²) in [7, 11) is 0. The number of hydrogen-bond acceptors (Lipinski definition) is 5. The Morgan fingerprint density at radius 2 is 2.08 bits per heavy atom. The van der Waals surface area contributed by atoms with Gasteiger partial charge in [-0.25, -0.2) is 14.6 Å². The van der Waals surface area contributed by atoms with Crippen LogP contribution < -0.4 is 5.56 Å². The topological polar surface area (TPSA) is 130 Å². The fraction of sp³-hybridized carbons (Fsp3) is 0.353. The Labute approximate surface area is 150 Å². The van der Waals surface area contributed by atoms with E-state index in [1.807, 2.05) is 37.7 Å². The van der Waals surface area contributed by atoms with Crippen LogP contribution in [-0.2, 0) is 17.8 Å². The van der Waals surface area contributed by atoms with Crippen molar-refractivity contribution >= 4 is 6.47 Å². The van der Waals surface area contributed by atoms with Crippen molar-refractivity contribution in [1.82, 2.24) is 29.7 Å². The van der Waals surface area contributed by atoms with Gasteiger partial charge in [0.25, 0.3) is 6.47 Å². The fourth-order valence-electron chi connectivity index (χ4n) is 2.60. The molecular formula is C17H22N6O3. The van der Waals surface area contributed by atoms with Gasteiger partial charge in [-0.1, -0.05) is 13.8 Å². The Morgan fingerprint density at radius 3 is 2.69 bits per heavy atom. The largest absolute Gasteiger partial charge is 0.483 e. The number of carbonyl (C=O) groups is 1. The van der Waals surface area contributed by atoms with Crippen LogP contribution in [0.15, 0.2) is 29.5 Å². The first-order chi connectivity index (χ1) is 12.5. The van der Waals surface area contributed by atoms with Crippen LogP contribution in [0.25, 0.3) is 11.4 Å². The van der Waals surface area contributed by atoms with Crippen molar-refractivity contribution in [1.29, 1.82) is 0 Å². The van der Waals surface area contributed by atoms with Gasteiger partial charge < -0.3 is 15.1 Å². The van der Waals surface area contributed by atoms with E-state index in [0.29, 0.717) is 12.4 Å². The Balaban J connectivity index is 0.000000758. The highest BCUT2D eigenvalue weighted by Gasteiger charge is 2.16. The fourth-order valence-corrected chi connectivity index (χ4v) is 2.60. The summed E-state index contributed by atoms with van der Waals surface area (Å²) >= 11 is 0. The molecule has 0 aliphatic heterocycles. The number of imidazole rings is 1. The van der Waals surface area contributed by atoms with Crippen molar-refractivity contribution in [3.8, 4) is 11.4 Å². The molecule has 3 heterocycles. The Kier molecular flexibility index (Phi) is 6.42. The molecule has 0 aliphatic rings. The number of carboxylic acid groups (broad SMARTS) is 1. The van der Waals surface area contributed by atoms with Crippen LogP contribution in [0, 0.1) is 6.92 Å². The molecule has 0 aromatic carbocycles. The third-order valence-electron chi connectivity index (χ3n) is 3.69. The zero-order valence-electron chi connectivity index (χ0n) is 14.9. The van der Waals surface area contributed by atoms with Crippen molar-refractivity contribution in [2.75, 3.05) is 0 Å². The van der Waals surface area contributed by atoms with Gasteiger partial charge in [-0.2, -0.15) is 5.10 Å². The van der Waals surface area contributed by atoms with Crippen LogP contribution in [0.4, 0.5) is 0 Å². The standard InChI is InChI=1S/C16H20N6O.CH2O2/c1-10(2)15-13(4-5-14(23)20-15)16-19-11(3)21-22(16)7-6-12-8-17-9-18-12;2-1-3/h4-5,8-10H,6-7H2,1-3H3,(H,17,18)(H,20,23);1H,(H,2,3). The van der Waals surface area contributed by atoms with E-state index >= 15 is 0 Å². The molecule has 0 aliphatic carbocycles. The Hall–Kier alpha value is -3.23. The maximum atomic E-state index is 11.6.